The van der Waals surface area contributed by atoms with Crippen LogP contribution in [-0.4, -0.2) is 5.78 Å². The lowest BCUT2D eigenvalue weighted by Gasteiger charge is -1.98. The molecule has 0 atom stereocenters. The van der Waals surface area contributed by atoms with Gasteiger partial charge in [0.15, 0.2) is 5.78 Å². The molecule has 0 unspecified atom stereocenters. The first kappa shape index (κ1) is 10.2. The maximum Gasteiger partial charge on any atom is 0.176 e. The average Bonchev–Trinajstić information content (AvgIpc) is 2.51. The number of ketones is 1. The van der Waals surface area contributed by atoms with Gasteiger partial charge in [0, 0.05) is 11.3 Å². The fourth-order valence-electron chi connectivity index (χ4n) is 1.02. The number of carbonyl (C=O) groups excluding carboxylic acids is 1. The first-order chi connectivity index (χ1) is 6.13. The first-order valence-electron chi connectivity index (χ1n) is 4.39. The molecule has 0 saturated carbocycles. The molecule has 0 bridgehead atoms. The molecule has 1 rings (SSSR count). The van der Waals surface area contributed by atoms with Gasteiger partial charge >= 0.3 is 0 Å². The summed E-state index contributed by atoms with van der Waals surface area (Å²) in [6.45, 7) is 7.86. The highest BCUT2D eigenvalue weighted by Crippen LogP contribution is 2.18. The van der Waals surface area contributed by atoms with Crippen LogP contribution in [0.2, 0.25) is 0 Å². The molecule has 0 aliphatic rings. The van der Waals surface area contributed by atoms with E-state index in [1.165, 1.54) is 4.88 Å². The number of allylic oxidation sites excluding steroid dienone is 1. The Labute approximate surface area is 83.1 Å². The SMILES string of the molecule is C=C(CC)CC(=O)c1ccc(C)s1. The Morgan fingerprint density at radius 1 is 1.54 bits per heavy atom. The number of aryl methyl sites for hydroxylation is 1. The van der Waals surface area contributed by atoms with Crippen LogP contribution in [0, 0.1) is 6.92 Å². The largest absolute Gasteiger partial charge is 0.293 e. The molecule has 0 N–H and O–H groups in total. The van der Waals surface area contributed by atoms with Crippen molar-refractivity contribution >= 4 is 17.1 Å². The smallest absolute Gasteiger partial charge is 0.176 e. The minimum absolute atomic E-state index is 0.199. The molecule has 1 nitrogen and oxygen atoms in total. The van der Waals surface area contributed by atoms with E-state index in [1.54, 1.807) is 11.3 Å². The van der Waals surface area contributed by atoms with Crippen LogP contribution in [0.5, 0.6) is 0 Å². The zero-order valence-electron chi connectivity index (χ0n) is 8.09. The van der Waals surface area contributed by atoms with E-state index in [2.05, 4.69) is 6.58 Å². The average molecular weight is 194 g/mol. The summed E-state index contributed by atoms with van der Waals surface area (Å²) < 4.78 is 0. The molecule has 0 saturated heterocycles. The van der Waals surface area contributed by atoms with Crippen LogP contribution in [0.25, 0.3) is 0 Å². The molecular weight excluding hydrogens is 180 g/mol. The van der Waals surface area contributed by atoms with Gasteiger partial charge < -0.3 is 0 Å². The summed E-state index contributed by atoms with van der Waals surface area (Å²) in [5.41, 5.74) is 1.01. The van der Waals surface area contributed by atoms with Crippen molar-refractivity contribution in [1.82, 2.24) is 0 Å². The van der Waals surface area contributed by atoms with Gasteiger partial charge in [-0.15, -0.1) is 11.3 Å². The highest BCUT2D eigenvalue weighted by molar-refractivity contribution is 7.14. The summed E-state index contributed by atoms with van der Waals surface area (Å²) in [5, 5.41) is 0. The highest BCUT2D eigenvalue weighted by atomic mass is 32.1. The second-order valence-electron chi connectivity index (χ2n) is 3.11. The van der Waals surface area contributed by atoms with Crippen LogP contribution in [0.4, 0.5) is 0 Å². The molecular formula is C11H14OS. The Morgan fingerprint density at radius 2 is 2.23 bits per heavy atom. The minimum atomic E-state index is 0.199. The van der Waals surface area contributed by atoms with Crippen molar-refractivity contribution in [3.63, 3.8) is 0 Å². The predicted molar refractivity (Wildman–Crippen MR) is 57.4 cm³/mol. The van der Waals surface area contributed by atoms with Crippen molar-refractivity contribution in [2.45, 2.75) is 26.7 Å². The van der Waals surface area contributed by atoms with E-state index in [-0.39, 0.29) is 5.78 Å². The quantitative estimate of drug-likeness (QED) is 0.528. The van der Waals surface area contributed by atoms with Gasteiger partial charge in [0.25, 0.3) is 0 Å². The Hall–Kier alpha value is -0.890. The molecule has 0 aliphatic carbocycles. The summed E-state index contributed by atoms with van der Waals surface area (Å²) in [7, 11) is 0. The Bertz CT molecular complexity index is 323. The van der Waals surface area contributed by atoms with Gasteiger partial charge in [0.05, 0.1) is 4.88 Å². The van der Waals surface area contributed by atoms with E-state index in [1.807, 2.05) is 26.0 Å². The van der Waals surface area contributed by atoms with E-state index in [0.29, 0.717) is 6.42 Å². The van der Waals surface area contributed by atoms with E-state index >= 15 is 0 Å². The third-order valence-electron chi connectivity index (χ3n) is 1.93. The van der Waals surface area contributed by atoms with Crippen LogP contribution < -0.4 is 0 Å². The van der Waals surface area contributed by atoms with Crippen LogP contribution in [0.3, 0.4) is 0 Å². The number of carbonyl (C=O) groups is 1. The molecule has 0 radical (unpaired) electrons. The highest BCUT2D eigenvalue weighted by Gasteiger charge is 2.08. The van der Waals surface area contributed by atoms with Gasteiger partial charge in [-0.2, -0.15) is 0 Å². The Balaban J connectivity index is 2.64. The summed E-state index contributed by atoms with van der Waals surface area (Å²) in [6, 6.07) is 3.87. The van der Waals surface area contributed by atoms with Crippen molar-refractivity contribution < 1.29 is 4.79 Å². The topological polar surface area (TPSA) is 17.1 Å². The first-order valence-corrected chi connectivity index (χ1v) is 5.21. The summed E-state index contributed by atoms with van der Waals surface area (Å²) >= 11 is 1.56. The fraction of sp³-hybridized carbons (Fsp3) is 0.364. The molecule has 0 amide bonds. The van der Waals surface area contributed by atoms with Crippen molar-refractivity contribution in [1.29, 1.82) is 0 Å². The molecule has 0 aliphatic heterocycles. The Morgan fingerprint density at radius 3 is 2.69 bits per heavy atom. The van der Waals surface area contributed by atoms with Gasteiger partial charge in [-0.25, -0.2) is 0 Å². The zero-order valence-corrected chi connectivity index (χ0v) is 8.91. The monoisotopic (exact) mass is 194 g/mol. The lowest BCUT2D eigenvalue weighted by Crippen LogP contribution is -1.96. The number of rotatable bonds is 4. The van der Waals surface area contributed by atoms with E-state index < -0.39 is 0 Å². The van der Waals surface area contributed by atoms with Gasteiger partial charge in [0.2, 0.25) is 0 Å². The molecule has 0 fully saturated rings. The molecule has 0 spiro atoms. The van der Waals surface area contributed by atoms with Crippen LogP contribution >= 0.6 is 11.3 Å². The molecule has 1 aromatic heterocycles. The summed E-state index contributed by atoms with van der Waals surface area (Å²) in [4.78, 5) is 13.6. The van der Waals surface area contributed by atoms with Gasteiger partial charge in [0.1, 0.15) is 0 Å². The Kier molecular flexibility index (Phi) is 3.43. The van der Waals surface area contributed by atoms with Gasteiger partial charge in [-0.1, -0.05) is 19.1 Å². The maximum absolute atomic E-state index is 11.6. The number of thiophene rings is 1. The fourth-order valence-corrected chi connectivity index (χ4v) is 1.83. The number of Topliss-reactive ketones (excluding diaryl/α,β-unsaturated/α-hetero) is 1. The van der Waals surface area contributed by atoms with Crippen molar-refractivity contribution in [3.8, 4) is 0 Å². The second-order valence-corrected chi connectivity index (χ2v) is 4.40. The second kappa shape index (κ2) is 4.38. The van der Waals surface area contributed by atoms with Crippen molar-refractivity contribution in [3.05, 3.63) is 34.0 Å². The van der Waals surface area contributed by atoms with Crippen LogP contribution in [-0.2, 0) is 0 Å². The van der Waals surface area contributed by atoms with Crippen molar-refractivity contribution in [2.75, 3.05) is 0 Å². The zero-order chi connectivity index (χ0) is 9.84. The minimum Gasteiger partial charge on any atom is -0.293 e. The molecule has 0 aromatic carbocycles. The van der Waals surface area contributed by atoms with E-state index in [9.17, 15) is 4.79 Å². The third-order valence-corrected chi connectivity index (χ3v) is 2.97. The lowest BCUT2D eigenvalue weighted by atomic mass is 10.1. The standard InChI is InChI=1S/C11H14OS/c1-4-8(2)7-10(12)11-6-5-9(3)13-11/h5-6H,2,4,7H2,1,3H3. The lowest BCUT2D eigenvalue weighted by molar-refractivity contribution is 0.0996. The van der Waals surface area contributed by atoms with Crippen LogP contribution in [0.1, 0.15) is 34.3 Å². The molecule has 13 heavy (non-hydrogen) atoms. The summed E-state index contributed by atoms with van der Waals surface area (Å²) in [6.07, 6.45) is 1.38. The molecule has 70 valence electrons. The summed E-state index contributed by atoms with van der Waals surface area (Å²) in [5.74, 6) is 0.199. The van der Waals surface area contributed by atoms with E-state index in [4.69, 9.17) is 0 Å². The van der Waals surface area contributed by atoms with E-state index in [0.717, 1.165) is 16.9 Å². The number of hydrogen-bond acceptors (Lipinski definition) is 2. The van der Waals surface area contributed by atoms with Gasteiger partial charge in [-0.3, -0.25) is 4.79 Å². The van der Waals surface area contributed by atoms with Crippen LogP contribution in [0.15, 0.2) is 24.3 Å². The molecule has 2 heteroatoms. The normalized spacial score (nSPS) is 10.0. The number of hydrogen-bond donors (Lipinski definition) is 0. The molecule has 1 aromatic rings. The third kappa shape index (κ3) is 2.81. The maximum atomic E-state index is 11.6. The van der Waals surface area contributed by atoms with Crippen molar-refractivity contribution in [2.24, 2.45) is 0 Å². The predicted octanol–water partition coefficient (Wildman–Crippen LogP) is 3.60. The van der Waals surface area contributed by atoms with Gasteiger partial charge in [-0.05, 0) is 25.5 Å². The molecule has 1 heterocycles.